The topological polar surface area (TPSA) is 61.8 Å². The molecule has 5 nitrogen and oxygen atoms in total. The second kappa shape index (κ2) is 53.9. The minimum absolute atomic E-state index is 0.0319. The molecule has 0 aliphatic heterocycles. The molecule has 0 fully saturated rings. The highest BCUT2D eigenvalue weighted by molar-refractivity contribution is 5.70. The molecule has 0 spiro atoms. The quantitative estimate of drug-likeness (QED) is 0.0346. The Kier molecular flexibility index (Phi) is 51.0. The molecule has 64 heavy (non-hydrogen) atoms. The molecule has 0 aromatic heterocycles. The molecule has 0 heterocycles. The Morgan fingerprint density at radius 1 is 0.359 bits per heavy atom. The van der Waals surface area contributed by atoms with Crippen LogP contribution in [0.25, 0.3) is 0 Å². The number of unbranched alkanes of at least 4 members (excludes halogenated alkanes) is 18. The summed E-state index contributed by atoms with van der Waals surface area (Å²) in [4.78, 5) is 25.4. The van der Waals surface area contributed by atoms with Gasteiger partial charge in [-0.25, -0.2) is 0 Å². The monoisotopic (exact) mass is 887 g/mol. The first-order valence-corrected chi connectivity index (χ1v) is 26.4. The number of carbonyl (C=O) groups excluding carboxylic acids is 2. The van der Waals surface area contributed by atoms with Gasteiger partial charge >= 0.3 is 11.9 Å². The first-order chi connectivity index (χ1) is 31.6. The number of rotatable bonds is 47. The van der Waals surface area contributed by atoms with Crippen LogP contribution in [0.1, 0.15) is 226 Å². The van der Waals surface area contributed by atoms with E-state index in [1.807, 2.05) is 6.08 Å². The largest absolute Gasteiger partial charge is 0.462 e. The van der Waals surface area contributed by atoms with Gasteiger partial charge in [0.1, 0.15) is 6.61 Å². The second-order valence-corrected chi connectivity index (χ2v) is 17.0. The molecule has 5 heteroatoms. The summed E-state index contributed by atoms with van der Waals surface area (Å²) in [5.41, 5.74) is 0. The fraction of sp³-hybridized carbons (Fsp3) is 0.661. The number of hydrogen-bond donors (Lipinski definition) is 0. The van der Waals surface area contributed by atoms with Crippen molar-refractivity contribution in [2.45, 2.75) is 232 Å². The third-order valence-electron chi connectivity index (χ3n) is 10.8. The molecule has 0 radical (unpaired) electrons. The van der Waals surface area contributed by atoms with Crippen molar-refractivity contribution in [3.8, 4) is 0 Å². The first kappa shape index (κ1) is 60.6. The van der Waals surface area contributed by atoms with Crippen LogP contribution in [0, 0.1) is 0 Å². The van der Waals surface area contributed by atoms with E-state index in [2.05, 4.69) is 124 Å². The van der Waals surface area contributed by atoms with Crippen LogP contribution in [0.3, 0.4) is 0 Å². The standard InChI is InChI=1S/C59H98O5/c1-4-7-10-13-16-19-22-25-28-29-30-31-33-34-37-40-43-46-49-52-58(60)63-56-57(55-62-54-51-48-45-42-39-36-27-24-21-18-15-12-9-6-3)64-59(61)53-50-47-44-41-38-35-32-26-23-20-17-14-11-8-5-2/h7,9-10,12,16,18-19,21,25,27-28,30-31,34,36-37,43,46,57H,4-6,8,11,13-15,17,20,22-24,26,29,32-33,35,38-42,44-45,47-56H2,1-3H3/b10-7-,12-9-,19-16-,21-18-,28-25-,31-30-,36-27-,37-34-,46-43-. The highest BCUT2D eigenvalue weighted by atomic mass is 16.6. The van der Waals surface area contributed by atoms with Crippen LogP contribution < -0.4 is 0 Å². The van der Waals surface area contributed by atoms with Gasteiger partial charge in [0, 0.05) is 19.4 Å². The van der Waals surface area contributed by atoms with Crippen molar-refractivity contribution in [3.63, 3.8) is 0 Å². The van der Waals surface area contributed by atoms with E-state index in [1.54, 1.807) is 0 Å². The van der Waals surface area contributed by atoms with Gasteiger partial charge in [0.05, 0.1) is 6.61 Å². The maximum atomic E-state index is 12.8. The van der Waals surface area contributed by atoms with Gasteiger partial charge < -0.3 is 14.2 Å². The van der Waals surface area contributed by atoms with Gasteiger partial charge in [0.15, 0.2) is 6.10 Å². The molecule has 0 aliphatic rings. The molecule has 0 aliphatic carbocycles. The van der Waals surface area contributed by atoms with Crippen molar-refractivity contribution in [3.05, 3.63) is 109 Å². The predicted octanol–water partition coefficient (Wildman–Crippen LogP) is 18.0. The van der Waals surface area contributed by atoms with Gasteiger partial charge in [0.25, 0.3) is 0 Å². The van der Waals surface area contributed by atoms with E-state index in [1.165, 1.54) is 83.5 Å². The lowest BCUT2D eigenvalue weighted by molar-refractivity contribution is -0.162. The molecule has 364 valence electrons. The molecule has 0 saturated heterocycles. The SMILES string of the molecule is CC/C=C\C/C=C\C/C=C\C/C=C\C/C=C\C/C=C\CCC(=O)OCC(COCCCCCC/C=C\C/C=C\C/C=C\CC)OC(=O)CCCCCCCCCCCCCCCCC. The molecule has 1 unspecified atom stereocenters. The summed E-state index contributed by atoms with van der Waals surface area (Å²) in [6.45, 7) is 7.48. The first-order valence-electron chi connectivity index (χ1n) is 26.4. The highest BCUT2D eigenvalue weighted by Gasteiger charge is 2.17. The smallest absolute Gasteiger partial charge is 0.306 e. The van der Waals surface area contributed by atoms with Crippen molar-refractivity contribution in [2.75, 3.05) is 19.8 Å². The molecule has 0 aromatic carbocycles. The van der Waals surface area contributed by atoms with Crippen molar-refractivity contribution in [1.29, 1.82) is 0 Å². The highest BCUT2D eigenvalue weighted by Crippen LogP contribution is 2.15. The number of hydrogen-bond acceptors (Lipinski definition) is 5. The summed E-state index contributed by atoms with van der Waals surface area (Å²) in [6.07, 6.45) is 74.0. The zero-order chi connectivity index (χ0) is 46.3. The van der Waals surface area contributed by atoms with E-state index in [0.29, 0.717) is 25.9 Å². The second-order valence-electron chi connectivity index (χ2n) is 17.0. The number of carbonyl (C=O) groups is 2. The molecule has 0 N–H and O–H groups in total. The van der Waals surface area contributed by atoms with E-state index >= 15 is 0 Å². The average Bonchev–Trinajstić information content (AvgIpc) is 3.30. The fourth-order valence-corrected chi connectivity index (χ4v) is 6.96. The summed E-state index contributed by atoms with van der Waals surface area (Å²) in [5, 5.41) is 0. The van der Waals surface area contributed by atoms with Gasteiger partial charge in [0.2, 0.25) is 0 Å². The molecule has 1 atom stereocenters. The normalized spacial score (nSPS) is 13.1. The lowest BCUT2D eigenvalue weighted by atomic mass is 10.0. The van der Waals surface area contributed by atoms with E-state index in [4.69, 9.17) is 14.2 Å². The van der Waals surface area contributed by atoms with E-state index in [9.17, 15) is 9.59 Å². The zero-order valence-corrected chi connectivity index (χ0v) is 41.8. The van der Waals surface area contributed by atoms with Crippen molar-refractivity contribution < 1.29 is 23.8 Å². The summed E-state index contributed by atoms with van der Waals surface area (Å²) in [7, 11) is 0. The molecular formula is C59H98O5. The summed E-state index contributed by atoms with van der Waals surface area (Å²) in [5.74, 6) is -0.508. The zero-order valence-electron chi connectivity index (χ0n) is 41.8. The minimum Gasteiger partial charge on any atom is -0.462 e. The molecule has 0 bridgehead atoms. The van der Waals surface area contributed by atoms with E-state index in [0.717, 1.165) is 103 Å². The average molecular weight is 887 g/mol. The Labute approximate surface area is 395 Å². The van der Waals surface area contributed by atoms with Crippen LogP contribution >= 0.6 is 0 Å². The number of esters is 2. The van der Waals surface area contributed by atoms with Crippen LogP contribution in [0.5, 0.6) is 0 Å². The molecule has 0 aromatic rings. The van der Waals surface area contributed by atoms with Gasteiger partial charge in [-0.05, 0) is 89.9 Å². The van der Waals surface area contributed by atoms with Gasteiger partial charge in [-0.3, -0.25) is 9.59 Å². The maximum absolute atomic E-state index is 12.8. The number of ether oxygens (including phenoxy) is 3. The summed E-state index contributed by atoms with van der Waals surface area (Å²) >= 11 is 0. The summed E-state index contributed by atoms with van der Waals surface area (Å²) in [6, 6.07) is 0. The molecule has 0 amide bonds. The lowest BCUT2D eigenvalue weighted by Crippen LogP contribution is -2.30. The summed E-state index contributed by atoms with van der Waals surface area (Å²) < 4.78 is 17.3. The lowest BCUT2D eigenvalue weighted by Gasteiger charge is -2.18. The maximum Gasteiger partial charge on any atom is 0.306 e. The Hall–Kier alpha value is -3.44. The third-order valence-corrected chi connectivity index (χ3v) is 10.8. The van der Waals surface area contributed by atoms with Gasteiger partial charge in [-0.1, -0.05) is 233 Å². The van der Waals surface area contributed by atoms with Crippen molar-refractivity contribution in [2.24, 2.45) is 0 Å². The Morgan fingerprint density at radius 2 is 0.734 bits per heavy atom. The van der Waals surface area contributed by atoms with E-state index in [-0.39, 0.29) is 25.2 Å². The predicted molar refractivity (Wildman–Crippen MR) is 279 cm³/mol. The number of allylic oxidation sites excluding steroid dienone is 18. The van der Waals surface area contributed by atoms with Gasteiger partial charge in [-0.15, -0.1) is 0 Å². The van der Waals surface area contributed by atoms with Crippen LogP contribution in [-0.2, 0) is 23.8 Å². The Morgan fingerprint density at radius 3 is 1.19 bits per heavy atom. The Bertz CT molecular complexity index is 1280. The minimum atomic E-state index is -0.583. The van der Waals surface area contributed by atoms with Crippen molar-refractivity contribution in [1.82, 2.24) is 0 Å². The molecule has 0 saturated carbocycles. The van der Waals surface area contributed by atoms with Crippen molar-refractivity contribution >= 4 is 11.9 Å². The molecule has 0 rings (SSSR count). The van der Waals surface area contributed by atoms with Crippen LogP contribution in [0.2, 0.25) is 0 Å². The van der Waals surface area contributed by atoms with Crippen LogP contribution in [0.4, 0.5) is 0 Å². The third kappa shape index (κ3) is 51.2. The molecular weight excluding hydrogens is 789 g/mol. The Balaban J connectivity index is 4.42. The fourth-order valence-electron chi connectivity index (χ4n) is 6.96. The van der Waals surface area contributed by atoms with E-state index < -0.39 is 6.10 Å². The van der Waals surface area contributed by atoms with Crippen LogP contribution in [0.15, 0.2) is 109 Å². The van der Waals surface area contributed by atoms with Crippen LogP contribution in [-0.4, -0.2) is 37.9 Å². The van der Waals surface area contributed by atoms with Gasteiger partial charge in [-0.2, -0.15) is 0 Å².